The van der Waals surface area contributed by atoms with Gasteiger partial charge in [0.1, 0.15) is 4.90 Å². The fourth-order valence-electron chi connectivity index (χ4n) is 1.34. The molecule has 1 aromatic carbocycles. The summed E-state index contributed by atoms with van der Waals surface area (Å²) in [7, 11) is -3.61. The van der Waals surface area contributed by atoms with Gasteiger partial charge in [-0.2, -0.15) is 8.42 Å². The number of halogens is 1. The fourth-order valence-corrected chi connectivity index (χ4v) is 3.80. The van der Waals surface area contributed by atoms with Crippen molar-refractivity contribution in [2.24, 2.45) is 4.40 Å². The van der Waals surface area contributed by atoms with Crippen LogP contribution in [0.1, 0.15) is 6.92 Å². The van der Waals surface area contributed by atoms with Gasteiger partial charge in [0.25, 0.3) is 10.0 Å². The number of thioether (sulfide) groups is 1. The van der Waals surface area contributed by atoms with Crippen LogP contribution in [0, 0.1) is 0 Å². The molecule has 0 bridgehead atoms. The minimum Gasteiger partial charge on any atom is -0.229 e. The van der Waals surface area contributed by atoms with Crippen molar-refractivity contribution >= 4 is 44.4 Å². The number of sulfonamides is 1. The lowest BCUT2D eigenvalue weighted by Crippen LogP contribution is -2.25. The van der Waals surface area contributed by atoms with Crippen LogP contribution in [-0.4, -0.2) is 19.3 Å². The fraction of sp³-hybridized carbons (Fsp3) is 0.222. The predicted molar refractivity (Wildman–Crippen MR) is 67.5 cm³/mol. The first kappa shape index (κ1) is 11.8. The maximum absolute atomic E-state index is 11.8. The van der Waals surface area contributed by atoms with Gasteiger partial charge in [-0.15, -0.1) is 4.40 Å². The molecule has 0 fully saturated rings. The topological polar surface area (TPSA) is 49.7 Å². The molecule has 4 nitrogen and oxygen atoms in total. The molecule has 0 unspecified atom stereocenters. The maximum atomic E-state index is 11.8. The first-order valence-electron chi connectivity index (χ1n) is 4.59. The molecule has 1 aliphatic heterocycles. The van der Waals surface area contributed by atoms with Crippen LogP contribution in [-0.2, 0) is 10.0 Å². The van der Waals surface area contributed by atoms with Crippen LogP contribution in [0.3, 0.4) is 0 Å². The van der Waals surface area contributed by atoms with E-state index in [0.717, 1.165) is 0 Å². The van der Waals surface area contributed by atoms with Crippen LogP contribution >= 0.6 is 23.5 Å². The number of rotatable bonds is 1. The van der Waals surface area contributed by atoms with Gasteiger partial charge in [-0.3, -0.25) is 0 Å². The van der Waals surface area contributed by atoms with Gasteiger partial charge >= 0.3 is 0 Å². The van der Waals surface area contributed by atoms with Gasteiger partial charge in [-0.1, -0.05) is 30.8 Å². The normalized spacial score (nSPS) is 17.9. The molecule has 86 valence electrons. The highest BCUT2D eigenvalue weighted by Crippen LogP contribution is 2.34. The van der Waals surface area contributed by atoms with Crippen LogP contribution in [0.5, 0.6) is 0 Å². The second-order valence-electron chi connectivity index (χ2n) is 3.03. The highest BCUT2D eigenvalue weighted by atomic mass is 35.5. The monoisotopic (exact) mass is 276 g/mol. The molecular formula is C9H9ClN2O2S2. The largest absolute Gasteiger partial charge is 0.286 e. The van der Waals surface area contributed by atoms with Gasteiger partial charge < -0.3 is 0 Å². The molecule has 0 saturated heterocycles. The van der Waals surface area contributed by atoms with Crippen molar-refractivity contribution in [3.8, 4) is 0 Å². The Morgan fingerprint density at radius 2 is 2.12 bits per heavy atom. The van der Waals surface area contributed by atoms with Gasteiger partial charge in [0, 0.05) is 11.8 Å². The molecule has 0 aromatic heterocycles. The Morgan fingerprint density at radius 3 is 2.81 bits per heavy atom. The van der Waals surface area contributed by atoms with Gasteiger partial charge in [0.15, 0.2) is 5.17 Å². The number of nitrogens with zero attached hydrogens (tertiary/aromatic N) is 2. The third kappa shape index (κ3) is 1.92. The van der Waals surface area contributed by atoms with Gasteiger partial charge in [0.2, 0.25) is 0 Å². The Bertz CT molecular complexity index is 542. The molecule has 7 heteroatoms. The zero-order valence-electron chi connectivity index (χ0n) is 8.42. The summed E-state index contributed by atoms with van der Waals surface area (Å²) in [6.45, 7) is 1.91. The van der Waals surface area contributed by atoms with E-state index in [0.29, 0.717) is 16.6 Å². The second kappa shape index (κ2) is 4.27. The van der Waals surface area contributed by atoms with E-state index < -0.39 is 10.0 Å². The Balaban J connectivity index is 2.59. The second-order valence-corrected chi connectivity index (χ2v) is 6.17. The Morgan fingerprint density at radius 1 is 1.44 bits per heavy atom. The van der Waals surface area contributed by atoms with Gasteiger partial charge in [-0.05, 0) is 17.9 Å². The predicted octanol–water partition coefficient (Wildman–Crippen LogP) is 2.46. The van der Waals surface area contributed by atoms with E-state index in [2.05, 4.69) is 4.40 Å². The lowest BCUT2D eigenvalue weighted by molar-refractivity contribution is 0.597. The molecule has 0 aliphatic carbocycles. The number of para-hydroxylation sites is 1. The summed E-state index contributed by atoms with van der Waals surface area (Å²) in [5.41, 5.74) is 0.454. The van der Waals surface area contributed by atoms with E-state index in [9.17, 15) is 8.42 Å². The first-order chi connectivity index (χ1) is 7.56. The Kier molecular flexibility index (Phi) is 3.14. The molecule has 1 aliphatic rings. The van der Waals surface area contributed by atoms with Crippen LogP contribution in [0.25, 0.3) is 0 Å². The standard InChI is InChI=1S/C9H9ClN2O2S2/c1-2-15-9-11-16(13,14)8-6-4-3-5-7(8)12(9)10/h3-6H,2H2,1H3. The summed E-state index contributed by atoms with van der Waals surface area (Å²) in [5.74, 6) is 0.708. The van der Waals surface area contributed by atoms with E-state index in [-0.39, 0.29) is 4.90 Å². The summed E-state index contributed by atoms with van der Waals surface area (Å²) in [5, 5.41) is 0.294. The van der Waals surface area contributed by atoms with Crippen molar-refractivity contribution in [3.05, 3.63) is 24.3 Å². The van der Waals surface area contributed by atoms with Crippen molar-refractivity contribution in [3.63, 3.8) is 0 Å². The number of amidine groups is 1. The number of hydrogen-bond acceptors (Lipinski definition) is 4. The summed E-state index contributed by atoms with van der Waals surface area (Å²) in [6.07, 6.45) is 0. The van der Waals surface area contributed by atoms with E-state index in [1.165, 1.54) is 22.2 Å². The molecule has 0 atom stereocenters. The lowest BCUT2D eigenvalue weighted by Gasteiger charge is -2.23. The highest BCUT2D eigenvalue weighted by molar-refractivity contribution is 8.15. The van der Waals surface area contributed by atoms with Crippen LogP contribution in [0.15, 0.2) is 33.6 Å². The lowest BCUT2D eigenvalue weighted by atomic mass is 10.3. The Labute approximate surface area is 103 Å². The molecule has 2 rings (SSSR count). The summed E-state index contributed by atoms with van der Waals surface area (Å²) >= 11 is 7.33. The molecule has 1 heterocycles. The quantitative estimate of drug-likeness (QED) is 0.740. The maximum Gasteiger partial charge on any atom is 0.286 e. The van der Waals surface area contributed by atoms with Crippen LogP contribution in [0.4, 0.5) is 5.69 Å². The van der Waals surface area contributed by atoms with Crippen LogP contribution < -0.4 is 4.42 Å². The Hall–Kier alpha value is -0.720. The highest BCUT2D eigenvalue weighted by Gasteiger charge is 2.29. The zero-order valence-corrected chi connectivity index (χ0v) is 10.8. The third-order valence-corrected chi connectivity index (χ3v) is 4.69. The number of anilines is 1. The van der Waals surface area contributed by atoms with E-state index in [1.807, 2.05) is 6.92 Å². The summed E-state index contributed by atoms with van der Waals surface area (Å²) in [6, 6.07) is 6.54. The third-order valence-electron chi connectivity index (χ3n) is 1.99. The SMILES string of the molecule is CCSC1=NS(=O)(=O)c2ccccc2N1Cl. The minimum atomic E-state index is -3.61. The minimum absolute atomic E-state index is 0.144. The average molecular weight is 277 g/mol. The molecule has 0 radical (unpaired) electrons. The molecule has 0 amide bonds. The number of hydrogen-bond donors (Lipinski definition) is 0. The van der Waals surface area contributed by atoms with Crippen molar-refractivity contribution in [1.29, 1.82) is 0 Å². The molecule has 0 saturated carbocycles. The van der Waals surface area contributed by atoms with E-state index >= 15 is 0 Å². The van der Waals surface area contributed by atoms with Gasteiger partial charge in [0.05, 0.1) is 5.69 Å². The van der Waals surface area contributed by atoms with Crippen LogP contribution in [0.2, 0.25) is 0 Å². The van der Waals surface area contributed by atoms with Gasteiger partial charge in [-0.25, -0.2) is 4.42 Å². The van der Waals surface area contributed by atoms with Crippen molar-refractivity contribution in [2.45, 2.75) is 11.8 Å². The smallest absolute Gasteiger partial charge is 0.229 e. The molecule has 0 N–H and O–H groups in total. The molecule has 16 heavy (non-hydrogen) atoms. The number of benzene rings is 1. The summed E-state index contributed by atoms with van der Waals surface area (Å²) in [4.78, 5) is 0.144. The number of fused-ring (bicyclic) bond motifs is 1. The van der Waals surface area contributed by atoms with E-state index in [1.54, 1.807) is 18.2 Å². The molecule has 1 aromatic rings. The van der Waals surface area contributed by atoms with Crippen molar-refractivity contribution in [1.82, 2.24) is 0 Å². The van der Waals surface area contributed by atoms with E-state index in [4.69, 9.17) is 11.8 Å². The molecule has 0 spiro atoms. The summed E-state index contributed by atoms with van der Waals surface area (Å²) < 4.78 is 28.6. The average Bonchev–Trinajstić information content (AvgIpc) is 2.26. The first-order valence-corrected chi connectivity index (χ1v) is 7.35. The van der Waals surface area contributed by atoms with Crippen molar-refractivity contribution < 1.29 is 8.42 Å². The van der Waals surface area contributed by atoms with Crippen molar-refractivity contribution in [2.75, 3.05) is 10.2 Å². The molecular weight excluding hydrogens is 268 g/mol. The zero-order chi connectivity index (χ0) is 11.8.